The summed E-state index contributed by atoms with van der Waals surface area (Å²) < 4.78 is 26.5. The highest BCUT2D eigenvalue weighted by atomic mass is 32.2. The Balaban J connectivity index is 1.79. The van der Waals surface area contributed by atoms with Crippen LogP contribution in [0.1, 0.15) is 34.0 Å². The summed E-state index contributed by atoms with van der Waals surface area (Å²) in [5.74, 6) is -1.33. The van der Waals surface area contributed by atoms with Crippen LogP contribution in [0.3, 0.4) is 0 Å². The van der Waals surface area contributed by atoms with Gasteiger partial charge in [-0.05, 0) is 43.2 Å². The molecule has 1 heterocycles. The van der Waals surface area contributed by atoms with E-state index in [9.17, 15) is 18.0 Å². The fraction of sp³-hybridized carbons (Fsp3) is 0.200. The molecule has 0 fully saturated rings. The molecule has 1 aliphatic rings. The van der Waals surface area contributed by atoms with Crippen LogP contribution in [-0.2, 0) is 26.6 Å². The number of hydrogen-bond donors (Lipinski definition) is 0. The number of carbonyl (C=O) groups excluding carboxylic acids is 2. The van der Waals surface area contributed by atoms with E-state index in [-0.39, 0.29) is 11.4 Å². The largest absolute Gasteiger partial charge is 0.273 e. The van der Waals surface area contributed by atoms with Gasteiger partial charge in [0.1, 0.15) is 0 Å². The molecule has 6 heteroatoms. The summed E-state index contributed by atoms with van der Waals surface area (Å²) in [5.41, 5.74) is 1.17. The first-order valence-electron chi connectivity index (χ1n) is 10.0. The Hall–Kier alpha value is -3.25. The minimum absolute atomic E-state index is 0.0903. The van der Waals surface area contributed by atoms with Crippen molar-refractivity contribution >= 4 is 21.7 Å². The number of nitrogens with zero attached hydrogens (tertiary/aromatic N) is 1. The van der Waals surface area contributed by atoms with Crippen molar-refractivity contribution in [3.05, 3.63) is 101 Å². The number of sulfone groups is 1. The van der Waals surface area contributed by atoms with Gasteiger partial charge < -0.3 is 0 Å². The lowest BCUT2D eigenvalue weighted by atomic mass is 9.77. The summed E-state index contributed by atoms with van der Waals surface area (Å²) in [6.07, 6.45) is 0. The maximum atomic E-state index is 13.6. The topological polar surface area (TPSA) is 71.5 Å². The van der Waals surface area contributed by atoms with Crippen LogP contribution in [-0.4, -0.2) is 30.9 Å². The first-order valence-corrected chi connectivity index (χ1v) is 11.7. The number of amides is 2. The molecule has 0 saturated carbocycles. The third kappa shape index (κ3) is 3.79. The van der Waals surface area contributed by atoms with E-state index in [0.29, 0.717) is 11.1 Å². The third-order valence-electron chi connectivity index (χ3n) is 5.76. The van der Waals surface area contributed by atoms with Gasteiger partial charge in [-0.1, -0.05) is 66.2 Å². The predicted molar refractivity (Wildman–Crippen MR) is 118 cm³/mol. The van der Waals surface area contributed by atoms with Crippen molar-refractivity contribution in [3.8, 4) is 0 Å². The Bertz CT molecular complexity index is 1250. The quantitative estimate of drug-likeness (QED) is 0.572. The highest BCUT2D eigenvalue weighted by Crippen LogP contribution is 2.37. The highest BCUT2D eigenvalue weighted by molar-refractivity contribution is 7.91. The van der Waals surface area contributed by atoms with Gasteiger partial charge in [0.05, 0.1) is 22.6 Å². The minimum atomic E-state index is -3.78. The molecule has 0 N–H and O–H groups in total. The number of fused-ring (bicyclic) bond motifs is 1. The van der Waals surface area contributed by atoms with E-state index in [2.05, 4.69) is 0 Å². The van der Waals surface area contributed by atoms with Crippen molar-refractivity contribution in [2.45, 2.75) is 30.7 Å². The van der Waals surface area contributed by atoms with Crippen molar-refractivity contribution in [1.82, 2.24) is 4.90 Å². The molecule has 31 heavy (non-hydrogen) atoms. The van der Waals surface area contributed by atoms with Crippen molar-refractivity contribution in [2.75, 3.05) is 5.75 Å². The average molecular weight is 434 g/mol. The van der Waals surface area contributed by atoms with E-state index in [4.69, 9.17) is 0 Å². The van der Waals surface area contributed by atoms with Crippen molar-refractivity contribution in [1.29, 1.82) is 0 Å². The molecule has 0 spiro atoms. The van der Waals surface area contributed by atoms with Crippen LogP contribution in [0.4, 0.5) is 0 Å². The van der Waals surface area contributed by atoms with Crippen molar-refractivity contribution in [3.63, 3.8) is 0 Å². The lowest BCUT2D eigenvalue weighted by molar-refractivity contribution is -0.134. The number of aryl methyl sites for hydroxylation is 1. The molecule has 0 aliphatic carbocycles. The first kappa shape index (κ1) is 21.0. The Morgan fingerprint density at radius 2 is 1.45 bits per heavy atom. The van der Waals surface area contributed by atoms with Gasteiger partial charge in [0.2, 0.25) is 5.91 Å². The molecular weight excluding hydrogens is 410 g/mol. The number of hydrogen-bond acceptors (Lipinski definition) is 4. The molecule has 158 valence electrons. The molecular formula is C25H23NO4S. The van der Waals surface area contributed by atoms with E-state index in [1.807, 2.05) is 37.3 Å². The highest BCUT2D eigenvalue weighted by Gasteiger charge is 2.49. The van der Waals surface area contributed by atoms with Crippen LogP contribution >= 0.6 is 0 Å². The molecule has 5 nitrogen and oxygen atoms in total. The second-order valence-electron chi connectivity index (χ2n) is 8.13. The van der Waals surface area contributed by atoms with E-state index in [1.165, 1.54) is 4.90 Å². The Kier molecular flexibility index (Phi) is 5.27. The van der Waals surface area contributed by atoms with Gasteiger partial charge in [-0.2, -0.15) is 0 Å². The number of rotatable bonds is 5. The molecule has 0 bridgehead atoms. The van der Waals surface area contributed by atoms with Gasteiger partial charge in [0.15, 0.2) is 9.84 Å². The van der Waals surface area contributed by atoms with E-state index >= 15 is 0 Å². The fourth-order valence-corrected chi connectivity index (χ4v) is 5.82. The fourth-order valence-electron chi connectivity index (χ4n) is 4.06. The van der Waals surface area contributed by atoms with Crippen LogP contribution in [0.2, 0.25) is 0 Å². The zero-order valence-corrected chi connectivity index (χ0v) is 18.2. The molecule has 3 aromatic rings. The van der Waals surface area contributed by atoms with Crippen LogP contribution in [0, 0.1) is 6.92 Å². The molecule has 3 aromatic carbocycles. The molecule has 4 rings (SSSR count). The third-order valence-corrected chi connectivity index (χ3v) is 7.70. The summed E-state index contributed by atoms with van der Waals surface area (Å²) in [4.78, 5) is 28.1. The monoisotopic (exact) mass is 433 g/mol. The molecule has 0 radical (unpaired) electrons. The molecule has 1 atom stereocenters. The zero-order chi connectivity index (χ0) is 22.2. The molecule has 1 aliphatic heterocycles. The number of imide groups is 1. The summed E-state index contributed by atoms with van der Waals surface area (Å²) in [6, 6.07) is 22.6. The van der Waals surface area contributed by atoms with Gasteiger partial charge in [0, 0.05) is 5.56 Å². The van der Waals surface area contributed by atoms with Crippen LogP contribution < -0.4 is 0 Å². The van der Waals surface area contributed by atoms with Crippen molar-refractivity contribution in [2.24, 2.45) is 0 Å². The maximum Gasteiger partial charge on any atom is 0.261 e. The van der Waals surface area contributed by atoms with Gasteiger partial charge in [-0.15, -0.1) is 0 Å². The standard InChI is InChI=1S/C25H23NO4S/c1-18-12-14-20(15-13-18)31(29,30)17-25(2)22-11-7-6-10-21(22)23(27)26(24(25)28)16-19-8-4-3-5-9-19/h3-15H,16-17H2,1-2H3. The summed E-state index contributed by atoms with van der Waals surface area (Å²) in [5, 5.41) is 0. The molecule has 0 aromatic heterocycles. The second-order valence-corrected chi connectivity index (χ2v) is 10.1. The normalized spacial score (nSPS) is 18.7. The van der Waals surface area contributed by atoms with Crippen LogP contribution in [0.25, 0.3) is 0 Å². The van der Waals surface area contributed by atoms with Crippen LogP contribution in [0.15, 0.2) is 83.8 Å². The van der Waals surface area contributed by atoms with E-state index in [1.54, 1.807) is 55.5 Å². The van der Waals surface area contributed by atoms with Gasteiger partial charge in [-0.3, -0.25) is 14.5 Å². The molecule has 2 amide bonds. The van der Waals surface area contributed by atoms with E-state index < -0.39 is 32.8 Å². The SMILES string of the molecule is Cc1ccc(S(=O)(=O)CC2(C)C(=O)N(Cc3ccccc3)C(=O)c3ccccc32)cc1. The van der Waals surface area contributed by atoms with Crippen molar-refractivity contribution < 1.29 is 18.0 Å². The Labute approximate surface area is 182 Å². The minimum Gasteiger partial charge on any atom is -0.273 e. The van der Waals surface area contributed by atoms with Crippen LogP contribution in [0.5, 0.6) is 0 Å². The van der Waals surface area contributed by atoms with E-state index in [0.717, 1.165) is 11.1 Å². The summed E-state index contributed by atoms with van der Waals surface area (Å²) in [6.45, 7) is 3.59. The Morgan fingerprint density at radius 1 is 0.839 bits per heavy atom. The molecule has 0 saturated heterocycles. The number of carbonyl (C=O) groups is 2. The van der Waals surface area contributed by atoms with Gasteiger partial charge >= 0.3 is 0 Å². The lowest BCUT2D eigenvalue weighted by Crippen LogP contribution is -2.55. The van der Waals surface area contributed by atoms with Gasteiger partial charge in [0.25, 0.3) is 5.91 Å². The smallest absolute Gasteiger partial charge is 0.261 e. The lowest BCUT2D eigenvalue weighted by Gasteiger charge is -2.39. The summed E-state index contributed by atoms with van der Waals surface area (Å²) in [7, 11) is -3.78. The summed E-state index contributed by atoms with van der Waals surface area (Å²) >= 11 is 0. The Morgan fingerprint density at radius 3 is 2.13 bits per heavy atom. The predicted octanol–water partition coefficient (Wildman–Crippen LogP) is 3.91. The first-order chi connectivity index (χ1) is 14.7. The zero-order valence-electron chi connectivity index (χ0n) is 17.4. The average Bonchev–Trinajstić information content (AvgIpc) is 2.76. The number of benzene rings is 3. The van der Waals surface area contributed by atoms with Gasteiger partial charge in [-0.25, -0.2) is 8.42 Å². The second kappa shape index (κ2) is 7.78. The molecule has 1 unspecified atom stereocenters. The maximum absolute atomic E-state index is 13.6.